The van der Waals surface area contributed by atoms with Crippen molar-refractivity contribution in [3.05, 3.63) is 40.6 Å². The van der Waals surface area contributed by atoms with Crippen LogP contribution in [0.5, 0.6) is 0 Å². The number of nitriles is 1. The first-order valence-electron chi connectivity index (χ1n) is 7.35. The molecule has 0 unspecified atom stereocenters. The molecule has 1 N–H and O–H groups in total. The second-order valence-electron chi connectivity index (χ2n) is 5.33. The van der Waals surface area contributed by atoms with Gasteiger partial charge in [-0.25, -0.2) is 9.97 Å². The Labute approximate surface area is 129 Å². The van der Waals surface area contributed by atoms with Crippen LogP contribution < -0.4 is 5.32 Å². The third-order valence-corrected chi connectivity index (χ3v) is 3.95. The molecule has 0 amide bonds. The van der Waals surface area contributed by atoms with Crippen LogP contribution >= 0.6 is 0 Å². The lowest BCUT2D eigenvalue weighted by Crippen LogP contribution is -2.09. The number of anilines is 1. The Bertz CT molecular complexity index is 794. The zero-order valence-corrected chi connectivity index (χ0v) is 13.0. The zero-order valence-electron chi connectivity index (χ0n) is 13.0. The van der Waals surface area contributed by atoms with Crippen molar-refractivity contribution in [2.24, 2.45) is 7.05 Å². The molecule has 2 aromatic heterocycles. The molecule has 6 heteroatoms. The van der Waals surface area contributed by atoms with Gasteiger partial charge in [0.05, 0.1) is 29.1 Å². The van der Waals surface area contributed by atoms with Gasteiger partial charge in [0.25, 0.3) is 0 Å². The number of hydrogen-bond acceptors (Lipinski definition) is 5. The van der Waals surface area contributed by atoms with Gasteiger partial charge < -0.3 is 5.32 Å². The summed E-state index contributed by atoms with van der Waals surface area (Å²) < 4.78 is 1.85. The SMILES string of the molecule is CCNc1nc(Cc2cnn(C)c2C)nc2c1C(C#N)=CC2. The van der Waals surface area contributed by atoms with Gasteiger partial charge in [-0.3, -0.25) is 4.68 Å². The molecule has 0 fully saturated rings. The lowest BCUT2D eigenvalue weighted by atomic mass is 10.1. The molecule has 0 atom stereocenters. The van der Waals surface area contributed by atoms with Crippen LogP contribution in [0.1, 0.15) is 35.3 Å². The summed E-state index contributed by atoms with van der Waals surface area (Å²) in [6.45, 7) is 4.81. The fraction of sp³-hybridized carbons (Fsp3) is 0.375. The summed E-state index contributed by atoms with van der Waals surface area (Å²) in [5.41, 5.74) is 4.69. The minimum absolute atomic E-state index is 0.646. The highest BCUT2D eigenvalue weighted by Crippen LogP contribution is 2.31. The van der Waals surface area contributed by atoms with E-state index in [1.165, 1.54) is 0 Å². The van der Waals surface area contributed by atoms with Gasteiger partial charge in [-0.2, -0.15) is 10.4 Å². The Kier molecular flexibility index (Phi) is 3.63. The van der Waals surface area contributed by atoms with Gasteiger partial charge in [-0.05, 0) is 13.8 Å². The summed E-state index contributed by atoms with van der Waals surface area (Å²) in [5, 5.41) is 16.8. The van der Waals surface area contributed by atoms with E-state index in [0.717, 1.165) is 40.7 Å². The Hall–Kier alpha value is -2.68. The predicted octanol–water partition coefficient (Wildman–Crippen LogP) is 2.00. The molecule has 1 aliphatic rings. The molecule has 112 valence electrons. The third-order valence-electron chi connectivity index (χ3n) is 3.95. The highest BCUT2D eigenvalue weighted by atomic mass is 15.3. The Morgan fingerprint density at radius 3 is 2.86 bits per heavy atom. The maximum absolute atomic E-state index is 9.24. The van der Waals surface area contributed by atoms with Crippen LogP contribution in [0, 0.1) is 18.3 Å². The molecule has 1 aliphatic carbocycles. The molecule has 0 saturated heterocycles. The number of nitrogens with one attached hydrogen (secondary N) is 1. The molecule has 6 nitrogen and oxygen atoms in total. The predicted molar refractivity (Wildman–Crippen MR) is 84.2 cm³/mol. The maximum atomic E-state index is 9.24. The Morgan fingerprint density at radius 1 is 1.41 bits per heavy atom. The fourth-order valence-electron chi connectivity index (χ4n) is 2.65. The lowest BCUT2D eigenvalue weighted by Gasteiger charge is -2.11. The number of allylic oxidation sites excluding steroid dienone is 2. The number of fused-ring (bicyclic) bond motifs is 1. The highest BCUT2D eigenvalue weighted by molar-refractivity contribution is 5.87. The summed E-state index contributed by atoms with van der Waals surface area (Å²) in [4.78, 5) is 9.28. The van der Waals surface area contributed by atoms with E-state index in [2.05, 4.69) is 26.5 Å². The molecule has 0 saturated carbocycles. The molecule has 0 bridgehead atoms. The van der Waals surface area contributed by atoms with Crippen LogP contribution in [0.3, 0.4) is 0 Å². The molecule has 3 rings (SSSR count). The fourth-order valence-corrected chi connectivity index (χ4v) is 2.65. The van der Waals surface area contributed by atoms with E-state index in [-0.39, 0.29) is 0 Å². The smallest absolute Gasteiger partial charge is 0.138 e. The largest absolute Gasteiger partial charge is 0.370 e. The van der Waals surface area contributed by atoms with Crippen molar-refractivity contribution in [3.8, 4) is 6.07 Å². The second kappa shape index (κ2) is 5.60. The van der Waals surface area contributed by atoms with Crippen molar-refractivity contribution in [1.29, 1.82) is 5.26 Å². The maximum Gasteiger partial charge on any atom is 0.138 e. The van der Waals surface area contributed by atoms with Crippen molar-refractivity contribution < 1.29 is 0 Å². The number of hydrogen-bond donors (Lipinski definition) is 1. The average molecular weight is 294 g/mol. The monoisotopic (exact) mass is 294 g/mol. The van der Waals surface area contributed by atoms with Crippen molar-refractivity contribution in [2.45, 2.75) is 26.7 Å². The first kappa shape index (κ1) is 14.3. The van der Waals surface area contributed by atoms with Crippen molar-refractivity contribution in [1.82, 2.24) is 19.7 Å². The van der Waals surface area contributed by atoms with Gasteiger partial charge in [0.1, 0.15) is 11.6 Å². The van der Waals surface area contributed by atoms with Crippen LogP contribution in [0.25, 0.3) is 5.57 Å². The van der Waals surface area contributed by atoms with E-state index < -0.39 is 0 Å². The number of nitrogens with zero attached hydrogens (tertiary/aromatic N) is 5. The topological polar surface area (TPSA) is 79.4 Å². The summed E-state index contributed by atoms with van der Waals surface area (Å²) in [6.07, 6.45) is 5.11. The van der Waals surface area contributed by atoms with Crippen LogP contribution in [0.15, 0.2) is 12.3 Å². The molecule has 0 aromatic carbocycles. The van der Waals surface area contributed by atoms with E-state index in [1.807, 2.05) is 37.8 Å². The van der Waals surface area contributed by atoms with Crippen LogP contribution in [0.4, 0.5) is 5.82 Å². The molecule has 0 aliphatic heterocycles. The molecule has 0 radical (unpaired) electrons. The summed E-state index contributed by atoms with van der Waals surface area (Å²) in [5.74, 6) is 1.52. The van der Waals surface area contributed by atoms with E-state index >= 15 is 0 Å². The third kappa shape index (κ3) is 2.35. The van der Waals surface area contributed by atoms with Crippen molar-refractivity contribution >= 4 is 11.4 Å². The zero-order chi connectivity index (χ0) is 15.7. The normalized spacial score (nSPS) is 12.7. The lowest BCUT2D eigenvalue weighted by molar-refractivity contribution is 0.737. The van der Waals surface area contributed by atoms with Crippen LogP contribution in [-0.2, 0) is 19.9 Å². The molecule has 2 heterocycles. The van der Waals surface area contributed by atoms with E-state index in [0.29, 0.717) is 18.4 Å². The minimum Gasteiger partial charge on any atom is -0.370 e. The molecular weight excluding hydrogens is 276 g/mol. The minimum atomic E-state index is 0.646. The van der Waals surface area contributed by atoms with Gasteiger partial charge in [-0.15, -0.1) is 0 Å². The van der Waals surface area contributed by atoms with Gasteiger partial charge in [0, 0.05) is 37.7 Å². The van der Waals surface area contributed by atoms with Gasteiger partial charge in [0.2, 0.25) is 0 Å². The summed E-state index contributed by atoms with van der Waals surface area (Å²) in [6, 6.07) is 2.23. The highest BCUT2D eigenvalue weighted by Gasteiger charge is 2.22. The molecule has 2 aromatic rings. The Balaban J connectivity index is 2.00. The summed E-state index contributed by atoms with van der Waals surface area (Å²) >= 11 is 0. The van der Waals surface area contributed by atoms with E-state index in [1.54, 1.807) is 0 Å². The molecule has 22 heavy (non-hydrogen) atoms. The number of aryl methyl sites for hydroxylation is 1. The van der Waals surface area contributed by atoms with Gasteiger partial charge >= 0.3 is 0 Å². The second-order valence-corrected chi connectivity index (χ2v) is 5.33. The standard InChI is InChI=1S/C16H18N6/c1-4-18-16-15-11(8-17)5-6-13(15)20-14(21-16)7-12-9-19-22(3)10(12)2/h5,9H,4,6-7H2,1-3H3,(H,18,20,21). The van der Waals surface area contributed by atoms with Crippen LogP contribution in [0.2, 0.25) is 0 Å². The Morgan fingerprint density at radius 2 is 2.23 bits per heavy atom. The van der Waals surface area contributed by atoms with Crippen molar-refractivity contribution in [2.75, 3.05) is 11.9 Å². The average Bonchev–Trinajstić information content (AvgIpc) is 3.06. The van der Waals surface area contributed by atoms with E-state index in [9.17, 15) is 5.26 Å². The molecule has 0 spiro atoms. The molecular formula is C16H18N6. The van der Waals surface area contributed by atoms with Gasteiger partial charge in [0.15, 0.2) is 0 Å². The van der Waals surface area contributed by atoms with Crippen LogP contribution in [-0.4, -0.2) is 26.3 Å². The number of rotatable bonds is 4. The van der Waals surface area contributed by atoms with Crippen molar-refractivity contribution in [3.63, 3.8) is 0 Å². The first-order valence-corrected chi connectivity index (χ1v) is 7.35. The first-order chi connectivity index (χ1) is 10.6. The summed E-state index contributed by atoms with van der Waals surface area (Å²) in [7, 11) is 1.93. The van der Waals surface area contributed by atoms with E-state index in [4.69, 9.17) is 0 Å². The number of aromatic nitrogens is 4. The quantitative estimate of drug-likeness (QED) is 0.933. The van der Waals surface area contributed by atoms with Gasteiger partial charge in [-0.1, -0.05) is 6.08 Å².